The van der Waals surface area contributed by atoms with Gasteiger partial charge < -0.3 is 5.73 Å². The number of nitrogens with two attached hydrogens (primary N) is 1. The Balaban J connectivity index is 2.28. The van der Waals surface area contributed by atoms with Gasteiger partial charge in [-0.25, -0.2) is 8.42 Å². The number of sulfonamides is 1. The predicted molar refractivity (Wildman–Crippen MR) is 76.2 cm³/mol. The molecule has 5 heteroatoms. The zero-order chi connectivity index (χ0) is 14.0. The highest BCUT2D eigenvalue weighted by molar-refractivity contribution is 7.89. The molecule has 1 aromatic rings. The van der Waals surface area contributed by atoms with Gasteiger partial charge in [-0.05, 0) is 44.4 Å². The maximum atomic E-state index is 12.6. The van der Waals surface area contributed by atoms with Crippen molar-refractivity contribution >= 4 is 10.0 Å². The quantitative estimate of drug-likeness (QED) is 0.925. The Morgan fingerprint density at radius 2 is 1.89 bits per heavy atom. The maximum absolute atomic E-state index is 12.6. The van der Waals surface area contributed by atoms with Crippen molar-refractivity contribution in [3.8, 4) is 0 Å². The lowest BCUT2D eigenvalue weighted by Gasteiger charge is -2.32. The van der Waals surface area contributed by atoms with Gasteiger partial charge in [-0.3, -0.25) is 0 Å². The second kappa shape index (κ2) is 5.61. The molecule has 1 aliphatic rings. The second-order valence-electron chi connectivity index (χ2n) is 5.32. The SMILES string of the molecule is CC(N)c1ccc(S(=O)(=O)N2CCCCC2C)cc1. The van der Waals surface area contributed by atoms with E-state index in [9.17, 15) is 8.42 Å². The van der Waals surface area contributed by atoms with E-state index >= 15 is 0 Å². The van der Waals surface area contributed by atoms with Crippen molar-refractivity contribution in [2.75, 3.05) is 6.54 Å². The summed E-state index contributed by atoms with van der Waals surface area (Å²) in [6.07, 6.45) is 3.00. The lowest BCUT2D eigenvalue weighted by molar-refractivity contribution is 0.268. The Bertz CT molecular complexity index is 523. The summed E-state index contributed by atoms with van der Waals surface area (Å²) >= 11 is 0. The van der Waals surface area contributed by atoms with Crippen molar-refractivity contribution in [3.05, 3.63) is 29.8 Å². The molecule has 2 rings (SSSR count). The van der Waals surface area contributed by atoms with Crippen molar-refractivity contribution in [3.63, 3.8) is 0 Å². The Labute approximate surface area is 115 Å². The fourth-order valence-electron chi connectivity index (χ4n) is 2.51. The molecule has 0 aromatic heterocycles. The number of hydrogen-bond acceptors (Lipinski definition) is 3. The summed E-state index contributed by atoms with van der Waals surface area (Å²) < 4.78 is 26.8. The fourth-order valence-corrected chi connectivity index (χ4v) is 4.21. The molecule has 0 bridgehead atoms. The molecule has 0 spiro atoms. The monoisotopic (exact) mass is 282 g/mol. The molecule has 2 atom stereocenters. The van der Waals surface area contributed by atoms with Gasteiger partial charge in [0.25, 0.3) is 0 Å². The molecule has 1 heterocycles. The standard InChI is InChI=1S/C14H22N2O2S/c1-11-5-3-4-10-16(11)19(17,18)14-8-6-13(7-9-14)12(2)15/h6-9,11-12H,3-5,10,15H2,1-2H3. The van der Waals surface area contributed by atoms with E-state index in [0.29, 0.717) is 11.4 Å². The summed E-state index contributed by atoms with van der Waals surface area (Å²) in [6.45, 7) is 4.49. The molecule has 106 valence electrons. The topological polar surface area (TPSA) is 63.4 Å². The van der Waals surface area contributed by atoms with E-state index in [-0.39, 0.29) is 12.1 Å². The van der Waals surface area contributed by atoms with Crippen LogP contribution in [0.4, 0.5) is 0 Å². The van der Waals surface area contributed by atoms with E-state index in [1.807, 2.05) is 13.8 Å². The summed E-state index contributed by atoms with van der Waals surface area (Å²) in [4.78, 5) is 0.366. The molecule has 1 aromatic carbocycles. The van der Waals surface area contributed by atoms with Crippen LogP contribution in [0.1, 0.15) is 44.7 Å². The lowest BCUT2D eigenvalue weighted by atomic mass is 10.1. The molecule has 0 amide bonds. The average Bonchev–Trinajstić information content (AvgIpc) is 2.39. The Kier molecular flexibility index (Phi) is 4.28. The first-order valence-electron chi connectivity index (χ1n) is 6.80. The van der Waals surface area contributed by atoms with E-state index in [1.165, 1.54) is 0 Å². The normalized spacial score (nSPS) is 23.2. The van der Waals surface area contributed by atoms with Crippen LogP contribution in [0, 0.1) is 0 Å². The van der Waals surface area contributed by atoms with E-state index in [4.69, 9.17) is 5.73 Å². The van der Waals surface area contributed by atoms with E-state index < -0.39 is 10.0 Å². The molecule has 0 radical (unpaired) electrons. The molecule has 19 heavy (non-hydrogen) atoms. The van der Waals surface area contributed by atoms with Crippen molar-refractivity contribution in [1.82, 2.24) is 4.31 Å². The van der Waals surface area contributed by atoms with Crippen molar-refractivity contribution < 1.29 is 8.42 Å². The van der Waals surface area contributed by atoms with Gasteiger partial charge in [-0.2, -0.15) is 4.31 Å². The van der Waals surface area contributed by atoms with Crippen LogP contribution in [0.3, 0.4) is 0 Å². The molecule has 4 nitrogen and oxygen atoms in total. The van der Waals surface area contributed by atoms with E-state index in [0.717, 1.165) is 24.8 Å². The zero-order valence-electron chi connectivity index (χ0n) is 11.5. The molecular weight excluding hydrogens is 260 g/mol. The number of piperidine rings is 1. The van der Waals surface area contributed by atoms with Crippen LogP contribution in [0.25, 0.3) is 0 Å². The lowest BCUT2D eigenvalue weighted by Crippen LogP contribution is -2.41. The number of hydrogen-bond donors (Lipinski definition) is 1. The van der Waals surface area contributed by atoms with Crippen LogP contribution < -0.4 is 5.73 Å². The van der Waals surface area contributed by atoms with Gasteiger partial charge in [-0.1, -0.05) is 18.6 Å². The Hall–Kier alpha value is -0.910. The van der Waals surface area contributed by atoms with Crippen LogP contribution in [-0.2, 0) is 10.0 Å². The van der Waals surface area contributed by atoms with Crippen molar-refractivity contribution in [2.45, 2.75) is 50.1 Å². The van der Waals surface area contributed by atoms with Crippen molar-refractivity contribution in [1.29, 1.82) is 0 Å². The van der Waals surface area contributed by atoms with Gasteiger partial charge in [0.15, 0.2) is 0 Å². The van der Waals surface area contributed by atoms with Crippen LogP contribution in [0.2, 0.25) is 0 Å². The highest BCUT2D eigenvalue weighted by atomic mass is 32.2. The molecule has 0 saturated carbocycles. The first-order valence-corrected chi connectivity index (χ1v) is 8.24. The first-order chi connectivity index (χ1) is 8.93. The van der Waals surface area contributed by atoms with Gasteiger partial charge in [-0.15, -0.1) is 0 Å². The molecular formula is C14H22N2O2S. The third-order valence-electron chi connectivity index (χ3n) is 3.75. The van der Waals surface area contributed by atoms with E-state index in [1.54, 1.807) is 28.6 Å². The smallest absolute Gasteiger partial charge is 0.243 e. The highest BCUT2D eigenvalue weighted by Gasteiger charge is 2.30. The molecule has 0 aliphatic carbocycles. The van der Waals surface area contributed by atoms with Crippen LogP contribution in [-0.4, -0.2) is 25.3 Å². The minimum atomic E-state index is -3.36. The van der Waals surface area contributed by atoms with Gasteiger partial charge in [0.05, 0.1) is 4.90 Å². The van der Waals surface area contributed by atoms with E-state index in [2.05, 4.69) is 0 Å². The summed E-state index contributed by atoms with van der Waals surface area (Å²) in [5.74, 6) is 0. The summed E-state index contributed by atoms with van der Waals surface area (Å²) in [5, 5.41) is 0. The second-order valence-corrected chi connectivity index (χ2v) is 7.21. The predicted octanol–water partition coefficient (Wildman–Crippen LogP) is 2.27. The maximum Gasteiger partial charge on any atom is 0.243 e. The molecule has 2 unspecified atom stereocenters. The Morgan fingerprint density at radius 3 is 2.42 bits per heavy atom. The fraction of sp³-hybridized carbons (Fsp3) is 0.571. The van der Waals surface area contributed by atoms with Gasteiger partial charge >= 0.3 is 0 Å². The van der Waals surface area contributed by atoms with Crippen LogP contribution in [0.15, 0.2) is 29.2 Å². The number of nitrogens with zero attached hydrogens (tertiary/aromatic N) is 1. The van der Waals surface area contributed by atoms with Crippen LogP contribution >= 0.6 is 0 Å². The summed E-state index contributed by atoms with van der Waals surface area (Å²) in [7, 11) is -3.36. The third-order valence-corrected chi connectivity index (χ3v) is 5.78. The third kappa shape index (κ3) is 2.99. The largest absolute Gasteiger partial charge is 0.324 e. The zero-order valence-corrected chi connectivity index (χ0v) is 12.4. The Morgan fingerprint density at radius 1 is 1.26 bits per heavy atom. The van der Waals surface area contributed by atoms with Crippen molar-refractivity contribution in [2.24, 2.45) is 5.73 Å². The summed E-state index contributed by atoms with van der Waals surface area (Å²) in [6, 6.07) is 6.93. The highest BCUT2D eigenvalue weighted by Crippen LogP contribution is 2.25. The average molecular weight is 282 g/mol. The molecule has 1 saturated heterocycles. The van der Waals surface area contributed by atoms with Gasteiger partial charge in [0.1, 0.15) is 0 Å². The van der Waals surface area contributed by atoms with Gasteiger partial charge in [0, 0.05) is 18.6 Å². The molecule has 2 N–H and O–H groups in total. The number of benzene rings is 1. The molecule has 1 fully saturated rings. The summed E-state index contributed by atoms with van der Waals surface area (Å²) in [5.41, 5.74) is 6.73. The first kappa shape index (κ1) is 14.5. The van der Waals surface area contributed by atoms with Gasteiger partial charge in [0.2, 0.25) is 10.0 Å². The molecule has 1 aliphatic heterocycles. The number of rotatable bonds is 3. The minimum absolute atomic E-state index is 0.0781. The van der Waals surface area contributed by atoms with Crippen LogP contribution in [0.5, 0.6) is 0 Å². The minimum Gasteiger partial charge on any atom is -0.324 e.